The second kappa shape index (κ2) is 7.48. The summed E-state index contributed by atoms with van der Waals surface area (Å²) >= 11 is 0. The average Bonchev–Trinajstić information content (AvgIpc) is 2.99. The summed E-state index contributed by atoms with van der Waals surface area (Å²) in [5.41, 5.74) is 2.48. The smallest absolute Gasteiger partial charge is 0.282 e. The van der Waals surface area contributed by atoms with Crippen LogP contribution in [0, 0.1) is 17.0 Å². The molecular formula is C21H19N3O5. The Morgan fingerprint density at radius 1 is 0.931 bits per heavy atom. The first-order chi connectivity index (χ1) is 14.0. The Hall–Kier alpha value is -3.52. The van der Waals surface area contributed by atoms with Gasteiger partial charge in [0.15, 0.2) is 0 Å². The molecule has 2 aromatic rings. The first-order valence-electron chi connectivity index (χ1n) is 9.24. The second-order valence-electron chi connectivity index (χ2n) is 6.91. The van der Waals surface area contributed by atoms with Crippen LogP contribution in [-0.2, 0) is 14.3 Å². The number of aryl methyl sites for hydroxylation is 1. The van der Waals surface area contributed by atoms with Crippen molar-refractivity contribution in [2.45, 2.75) is 6.92 Å². The SMILES string of the molecule is Cc1ccc(N2C(=O)C(c3ccc([N+](=O)[O-])cc3)=C(N3CCOCC3)C2=O)cc1. The van der Waals surface area contributed by atoms with Crippen molar-refractivity contribution in [2.24, 2.45) is 0 Å². The monoisotopic (exact) mass is 393 g/mol. The molecule has 0 aromatic heterocycles. The van der Waals surface area contributed by atoms with Crippen LogP contribution in [0.25, 0.3) is 5.57 Å². The number of nitro groups is 1. The molecule has 2 amide bonds. The highest BCUT2D eigenvalue weighted by Gasteiger charge is 2.42. The fraction of sp³-hybridized carbons (Fsp3) is 0.238. The van der Waals surface area contributed by atoms with Crippen LogP contribution in [0.5, 0.6) is 0 Å². The molecule has 0 aliphatic carbocycles. The van der Waals surface area contributed by atoms with Crippen molar-refractivity contribution in [3.8, 4) is 0 Å². The maximum Gasteiger partial charge on any atom is 0.282 e. The average molecular weight is 393 g/mol. The van der Waals surface area contributed by atoms with Crippen molar-refractivity contribution in [3.05, 3.63) is 75.5 Å². The van der Waals surface area contributed by atoms with Crippen LogP contribution in [-0.4, -0.2) is 47.9 Å². The van der Waals surface area contributed by atoms with E-state index in [9.17, 15) is 19.7 Å². The van der Waals surface area contributed by atoms with Gasteiger partial charge >= 0.3 is 0 Å². The number of morpholine rings is 1. The van der Waals surface area contributed by atoms with E-state index in [0.29, 0.717) is 43.3 Å². The van der Waals surface area contributed by atoms with Gasteiger partial charge in [0.1, 0.15) is 5.70 Å². The summed E-state index contributed by atoms with van der Waals surface area (Å²) in [6, 6.07) is 12.9. The number of hydrogen-bond acceptors (Lipinski definition) is 6. The summed E-state index contributed by atoms with van der Waals surface area (Å²) in [6.07, 6.45) is 0. The number of hydrogen-bond donors (Lipinski definition) is 0. The van der Waals surface area contributed by atoms with Gasteiger partial charge in [-0.2, -0.15) is 0 Å². The Labute approximate surface area is 167 Å². The molecule has 29 heavy (non-hydrogen) atoms. The maximum absolute atomic E-state index is 13.3. The largest absolute Gasteiger partial charge is 0.378 e. The second-order valence-corrected chi connectivity index (χ2v) is 6.91. The molecule has 0 saturated carbocycles. The molecule has 0 radical (unpaired) electrons. The molecule has 1 fully saturated rings. The molecule has 8 nitrogen and oxygen atoms in total. The van der Waals surface area contributed by atoms with E-state index in [2.05, 4.69) is 0 Å². The molecule has 2 aliphatic rings. The van der Waals surface area contributed by atoms with Gasteiger partial charge in [-0.3, -0.25) is 19.7 Å². The minimum atomic E-state index is -0.499. The van der Waals surface area contributed by atoms with Crippen LogP contribution in [0.4, 0.5) is 11.4 Å². The predicted molar refractivity (Wildman–Crippen MR) is 106 cm³/mol. The number of benzene rings is 2. The van der Waals surface area contributed by atoms with Crippen LogP contribution in [0.15, 0.2) is 54.2 Å². The Morgan fingerprint density at radius 3 is 2.14 bits per heavy atom. The minimum absolute atomic E-state index is 0.0746. The number of carbonyl (C=O) groups is 2. The van der Waals surface area contributed by atoms with Crippen LogP contribution < -0.4 is 4.90 Å². The number of carbonyl (C=O) groups excluding carboxylic acids is 2. The molecule has 2 aromatic carbocycles. The summed E-state index contributed by atoms with van der Waals surface area (Å²) in [5.74, 6) is -0.830. The molecule has 148 valence electrons. The van der Waals surface area contributed by atoms with Gasteiger partial charge in [0, 0.05) is 25.2 Å². The molecule has 0 N–H and O–H groups in total. The Kier molecular flexibility index (Phi) is 4.85. The van der Waals surface area contributed by atoms with Gasteiger partial charge in [-0.05, 0) is 36.8 Å². The van der Waals surface area contributed by atoms with Crippen molar-refractivity contribution in [3.63, 3.8) is 0 Å². The van der Waals surface area contributed by atoms with E-state index in [1.54, 1.807) is 12.1 Å². The van der Waals surface area contributed by atoms with Gasteiger partial charge in [-0.1, -0.05) is 17.7 Å². The zero-order chi connectivity index (χ0) is 20.5. The first-order valence-corrected chi connectivity index (χ1v) is 9.24. The molecule has 2 heterocycles. The third-order valence-electron chi connectivity index (χ3n) is 5.05. The van der Waals surface area contributed by atoms with E-state index >= 15 is 0 Å². The third kappa shape index (κ3) is 3.38. The van der Waals surface area contributed by atoms with Crippen molar-refractivity contribution in [1.82, 2.24) is 4.90 Å². The third-order valence-corrected chi connectivity index (χ3v) is 5.05. The standard InChI is InChI=1S/C21H19N3O5/c1-14-2-6-16(7-3-14)23-20(25)18(15-4-8-17(9-5-15)24(27)28)19(21(23)26)22-10-12-29-13-11-22/h2-9H,10-13H2,1H3. The minimum Gasteiger partial charge on any atom is -0.378 e. The lowest BCUT2D eigenvalue weighted by Gasteiger charge is -2.29. The van der Waals surface area contributed by atoms with Crippen LogP contribution in [0.2, 0.25) is 0 Å². The molecule has 0 bridgehead atoms. The topological polar surface area (TPSA) is 93.0 Å². The van der Waals surface area contributed by atoms with E-state index in [1.807, 2.05) is 24.0 Å². The van der Waals surface area contributed by atoms with Crippen LogP contribution in [0.1, 0.15) is 11.1 Å². The van der Waals surface area contributed by atoms with E-state index < -0.39 is 16.7 Å². The normalized spacial score (nSPS) is 17.3. The first kappa shape index (κ1) is 18.8. The highest BCUT2D eigenvalue weighted by molar-refractivity contribution is 6.45. The molecule has 0 unspecified atom stereocenters. The number of non-ortho nitro benzene ring substituents is 1. The molecule has 8 heteroatoms. The summed E-state index contributed by atoms with van der Waals surface area (Å²) in [4.78, 5) is 40.1. The Bertz CT molecular complexity index is 1010. The Morgan fingerprint density at radius 2 is 1.55 bits per heavy atom. The van der Waals surface area contributed by atoms with Crippen molar-refractivity contribution < 1.29 is 19.2 Å². The van der Waals surface area contributed by atoms with Gasteiger partial charge in [0.2, 0.25) is 0 Å². The van der Waals surface area contributed by atoms with Gasteiger partial charge in [-0.15, -0.1) is 0 Å². The molecule has 4 rings (SSSR count). The Balaban J connectivity index is 1.80. The number of anilines is 1. The quantitative estimate of drug-likeness (QED) is 0.450. The van der Waals surface area contributed by atoms with Gasteiger partial charge in [0.05, 0.1) is 29.4 Å². The molecule has 1 saturated heterocycles. The highest BCUT2D eigenvalue weighted by atomic mass is 16.6. The number of amides is 2. The fourth-order valence-electron chi connectivity index (χ4n) is 3.54. The molecule has 0 spiro atoms. The van der Waals surface area contributed by atoms with E-state index in [1.165, 1.54) is 29.2 Å². The van der Waals surface area contributed by atoms with E-state index in [0.717, 1.165) is 5.56 Å². The molecular weight excluding hydrogens is 374 g/mol. The van der Waals surface area contributed by atoms with Gasteiger partial charge in [0.25, 0.3) is 17.5 Å². The predicted octanol–water partition coefficient (Wildman–Crippen LogP) is 2.52. The van der Waals surface area contributed by atoms with E-state index in [4.69, 9.17) is 4.74 Å². The highest BCUT2D eigenvalue weighted by Crippen LogP contribution is 2.35. The van der Waals surface area contributed by atoms with Crippen molar-refractivity contribution >= 4 is 28.8 Å². The summed E-state index contributed by atoms with van der Waals surface area (Å²) in [5, 5.41) is 11.0. The summed E-state index contributed by atoms with van der Waals surface area (Å²) in [6.45, 7) is 3.84. The van der Waals surface area contributed by atoms with Crippen LogP contribution in [0.3, 0.4) is 0 Å². The lowest BCUT2D eigenvalue weighted by atomic mass is 10.0. The number of rotatable bonds is 4. The van der Waals surface area contributed by atoms with Crippen molar-refractivity contribution in [2.75, 3.05) is 31.2 Å². The number of ether oxygens (including phenoxy) is 1. The summed E-state index contributed by atoms with van der Waals surface area (Å²) in [7, 11) is 0. The lowest BCUT2D eigenvalue weighted by molar-refractivity contribution is -0.384. The number of nitro benzene ring substituents is 1. The van der Waals surface area contributed by atoms with Gasteiger partial charge < -0.3 is 9.64 Å². The lowest BCUT2D eigenvalue weighted by Crippen LogP contribution is -2.40. The number of imide groups is 1. The van der Waals surface area contributed by atoms with Crippen molar-refractivity contribution in [1.29, 1.82) is 0 Å². The summed E-state index contributed by atoms with van der Waals surface area (Å²) < 4.78 is 5.38. The maximum atomic E-state index is 13.3. The van der Waals surface area contributed by atoms with E-state index in [-0.39, 0.29) is 11.3 Å². The molecule has 2 aliphatic heterocycles. The van der Waals surface area contributed by atoms with Crippen LogP contribution >= 0.6 is 0 Å². The molecule has 0 atom stereocenters. The zero-order valence-electron chi connectivity index (χ0n) is 15.8. The fourth-order valence-corrected chi connectivity index (χ4v) is 3.54. The number of nitrogens with zero attached hydrogens (tertiary/aromatic N) is 3. The zero-order valence-corrected chi connectivity index (χ0v) is 15.8. The van der Waals surface area contributed by atoms with Gasteiger partial charge in [-0.25, -0.2) is 4.90 Å².